The van der Waals surface area contributed by atoms with Crippen LogP contribution in [0.5, 0.6) is 0 Å². The van der Waals surface area contributed by atoms with Gasteiger partial charge in [-0.15, -0.1) is 0 Å². The SMILES string of the molecule is C=C1C(=O)OC2C1CCC(C)=CCCC1(C)OC21.CC(=O)OC1(C(C)=O)CCC2C3C=C(C)C4=CC(=O)CCC4(C)C3CCC21C. The first-order valence-corrected chi connectivity index (χ1v) is 17.4. The summed E-state index contributed by atoms with van der Waals surface area (Å²) >= 11 is 0. The van der Waals surface area contributed by atoms with Gasteiger partial charge in [-0.3, -0.25) is 14.4 Å². The predicted octanol–water partition coefficient (Wildman–Crippen LogP) is 7.34. The lowest BCUT2D eigenvalue weighted by Crippen LogP contribution is -2.58. The minimum Gasteiger partial charge on any atom is -0.455 e. The molecule has 0 aromatic heterocycles. The molecule has 10 unspecified atom stereocenters. The highest BCUT2D eigenvalue weighted by molar-refractivity contribution is 5.93. The van der Waals surface area contributed by atoms with Crippen molar-refractivity contribution in [3.63, 3.8) is 0 Å². The van der Waals surface area contributed by atoms with Gasteiger partial charge >= 0.3 is 11.9 Å². The number of ketones is 2. The van der Waals surface area contributed by atoms with Crippen LogP contribution in [0.1, 0.15) is 113 Å². The Balaban J connectivity index is 0.000000178. The van der Waals surface area contributed by atoms with Gasteiger partial charge in [-0.1, -0.05) is 43.7 Å². The third-order valence-electron chi connectivity index (χ3n) is 13.4. The smallest absolute Gasteiger partial charge is 0.334 e. The van der Waals surface area contributed by atoms with Crippen molar-refractivity contribution >= 4 is 23.5 Å². The van der Waals surface area contributed by atoms with Crippen LogP contribution in [0.2, 0.25) is 0 Å². The zero-order valence-electron chi connectivity index (χ0n) is 28.8. The van der Waals surface area contributed by atoms with Crippen LogP contribution in [-0.2, 0) is 33.4 Å². The van der Waals surface area contributed by atoms with Crippen LogP contribution in [0.15, 0.2) is 47.1 Å². The molecule has 0 radical (unpaired) electrons. The van der Waals surface area contributed by atoms with Gasteiger partial charge in [0.25, 0.3) is 0 Å². The number of Topliss-reactive ketones (excluding diaryl/α,β-unsaturated/α-hetero) is 1. The third kappa shape index (κ3) is 5.11. The van der Waals surface area contributed by atoms with E-state index >= 15 is 0 Å². The zero-order chi connectivity index (χ0) is 33.4. The Kier molecular flexibility index (Phi) is 8.22. The largest absolute Gasteiger partial charge is 0.455 e. The van der Waals surface area contributed by atoms with Gasteiger partial charge in [-0.05, 0) is 120 Å². The zero-order valence-corrected chi connectivity index (χ0v) is 28.8. The summed E-state index contributed by atoms with van der Waals surface area (Å²) in [5.41, 5.74) is 3.07. The molecular formula is C39H52O7. The van der Waals surface area contributed by atoms with E-state index in [4.69, 9.17) is 14.2 Å². The number of carbonyl (C=O) groups excluding carboxylic acids is 4. The van der Waals surface area contributed by atoms with Crippen LogP contribution in [-0.4, -0.2) is 46.9 Å². The van der Waals surface area contributed by atoms with Crippen LogP contribution < -0.4 is 0 Å². The van der Waals surface area contributed by atoms with E-state index in [9.17, 15) is 19.2 Å². The number of ether oxygens (including phenoxy) is 3. The Hall–Kier alpha value is -2.80. The highest BCUT2D eigenvalue weighted by Gasteiger charge is 2.67. The third-order valence-corrected chi connectivity index (χ3v) is 13.4. The van der Waals surface area contributed by atoms with E-state index in [-0.39, 0.29) is 58.1 Å². The average molecular weight is 633 g/mol. The Labute approximate surface area is 274 Å². The van der Waals surface area contributed by atoms with E-state index in [0.29, 0.717) is 36.2 Å². The molecule has 2 aliphatic heterocycles. The van der Waals surface area contributed by atoms with Crippen molar-refractivity contribution in [1.29, 1.82) is 0 Å². The summed E-state index contributed by atoms with van der Waals surface area (Å²) in [6.07, 6.45) is 15.5. The quantitative estimate of drug-likeness (QED) is 0.136. The van der Waals surface area contributed by atoms with Gasteiger partial charge in [0.1, 0.15) is 12.2 Å². The Bertz CT molecular complexity index is 1470. The van der Waals surface area contributed by atoms with E-state index in [0.717, 1.165) is 51.4 Å². The van der Waals surface area contributed by atoms with Crippen molar-refractivity contribution in [2.24, 2.45) is 34.5 Å². The van der Waals surface area contributed by atoms with Gasteiger partial charge in [0.15, 0.2) is 17.2 Å². The van der Waals surface area contributed by atoms with Crippen LogP contribution in [0.4, 0.5) is 0 Å². The van der Waals surface area contributed by atoms with Crippen molar-refractivity contribution in [1.82, 2.24) is 0 Å². The number of allylic oxidation sites excluding steroid dienone is 6. The maximum absolute atomic E-state index is 12.8. The second kappa shape index (κ2) is 11.4. The molecule has 46 heavy (non-hydrogen) atoms. The molecule has 250 valence electrons. The molecule has 0 aromatic rings. The Morgan fingerprint density at radius 2 is 1.67 bits per heavy atom. The molecule has 2 heterocycles. The molecule has 7 heteroatoms. The number of carbonyl (C=O) groups is 4. The molecule has 5 aliphatic carbocycles. The standard InChI is InChI=1S/C24H32O4.C15H20O3/c1-14-12-18-19(22(4)9-6-17(27)13-21(14)22)7-10-23(5)20(18)8-11-24(23,15(2)25)28-16(3)26;1-9-5-4-8-15(3)13(18-15)12-11(7-6-9)10(2)14(16)17-12/h12-13,18-20H,6-11H2,1-5H3;5,11-13H,2,4,6-8H2,1,3H3. The molecule has 0 aromatic carbocycles. The maximum atomic E-state index is 12.8. The van der Waals surface area contributed by atoms with E-state index in [1.807, 2.05) is 6.08 Å². The lowest BCUT2D eigenvalue weighted by Gasteiger charge is -2.58. The van der Waals surface area contributed by atoms with E-state index in [2.05, 4.69) is 53.3 Å². The highest BCUT2D eigenvalue weighted by atomic mass is 16.6. The number of rotatable bonds is 2. The molecule has 4 fully saturated rings. The number of esters is 2. The number of epoxide rings is 1. The lowest BCUT2D eigenvalue weighted by molar-refractivity contribution is -0.185. The first kappa shape index (κ1) is 33.1. The van der Waals surface area contributed by atoms with Gasteiger partial charge in [-0.2, -0.15) is 0 Å². The first-order valence-electron chi connectivity index (χ1n) is 17.4. The Morgan fingerprint density at radius 1 is 0.957 bits per heavy atom. The summed E-state index contributed by atoms with van der Waals surface area (Å²) in [6, 6.07) is 0. The van der Waals surface area contributed by atoms with Crippen molar-refractivity contribution in [3.05, 3.63) is 47.1 Å². The van der Waals surface area contributed by atoms with Gasteiger partial charge in [-0.25, -0.2) is 4.79 Å². The van der Waals surface area contributed by atoms with E-state index in [1.54, 1.807) is 6.92 Å². The summed E-state index contributed by atoms with van der Waals surface area (Å²) < 4.78 is 17.1. The second-order valence-corrected chi connectivity index (χ2v) is 16.0. The van der Waals surface area contributed by atoms with Gasteiger partial charge < -0.3 is 14.2 Å². The van der Waals surface area contributed by atoms with Gasteiger partial charge in [0, 0.05) is 30.3 Å². The molecule has 2 saturated heterocycles. The van der Waals surface area contributed by atoms with Crippen LogP contribution in [0, 0.1) is 34.5 Å². The van der Waals surface area contributed by atoms with Gasteiger partial charge in [0.05, 0.1) is 5.60 Å². The van der Waals surface area contributed by atoms with Crippen LogP contribution in [0.25, 0.3) is 0 Å². The fourth-order valence-electron chi connectivity index (χ4n) is 10.7. The lowest BCUT2D eigenvalue weighted by atomic mass is 9.47. The summed E-state index contributed by atoms with van der Waals surface area (Å²) in [5.74, 6) is 0.926. The average Bonchev–Trinajstić information content (AvgIpc) is 3.43. The molecule has 0 N–H and O–H groups in total. The van der Waals surface area contributed by atoms with Crippen LogP contribution in [0.3, 0.4) is 0 Å². The Morgan fingerprint density at radius 3 is 2.37 bits per heavy atom. The molecule has 0 amide bonds. The fourth-order valence-corrected chi connectivity index (χ4v) is 10.7. The number of fused-ring (bicyclic) bond motifs is 8. The number of hydrogen-bond donors (Lipinski definition) is 0. The van der Waals surface area contributed by atoms with Crippen molar-refractivity contribution in [3.8, 4) is 0 Å². The van der Waals surface area contributed by atoms with Crippen molar-refractivity contribution in [2.45, 2.75) is 136 Å². The molecule has 10 atom stereocenters. The molecule has 0 bridgehead atoms. The first-order chi connectivity index (χ1) is 21.6. The topological polar surface area (TPSA) is 99.3 Å². The summed E-state index contributed by atoms with van der Waals surface area (Å²) in [5, 5.41) is 0. The minimum atomic E-state index is -0.990. The summed E-state index contributed by atoms with van der Waals surface area (Å²) in [4.78, 5) is 48.4. The molecular weight excluding hydrogens is 580 g/mol. The normalized spacial score (nSPS) is 44.2. The summed E-state index contributed by atoms with van der Waals surface area (Å²) in [6.45, 7) is 17.8. The molecule has 7 aliphatic rings. The molecule has 2 saturated carbocycles. The van der Waals surface area contributed by atoms with Crippen molar-refractivity contribution in [2.75, 3.05) is 0 Å². The van der Waals surface area contributed by atoms with Crippen LogP contribution >= 0.6 is 0 Å². The molecule has 7 rings (SSSR count). The minimum absolute atomic E-state index is 0.0160. The van der Waals surface area contributed by atoms with Crippen molar-refractivity contribution < 1.29 is 33.4 Å². The number of hydrogen-bond acceptors (Lipinski definition) is 7. The maximum Gasteiger partial charge on any atom is 0.334 e. The predicted molar refractivity (Wildman–Crippen MR) is 174 cm³/mol. The molecule has 7 nitrogen and oxygen atoms in total. The van der Waals surface area contributed by atoms with E-state index in [1.165, 1.54) is 23.6 Å². The fraction of sp³-hybridized carbons (Fsp3) is 0.692. The molecule has 0 spiro atoms. The second-order valence-electron chi connectivity index (χ2n) is 16.0. The monoisotopic (exact) mass is 632 g/mol. The van der Waals surface area contributed by atoms with Gasteiger partial charge in [0.2, 0.25) is 0 Å². The highest BCUT2D eigenvalue weighted by Crippen LogP contribution is 2.68. The van der Waals surface area contributed by atoms with E-state index < -0.39 is 5.60 Å². The summed E-state index contributed by atoms with van der Waals surface area (Å²) in [7, 11) is 0.